The van der Waals surface area contributed by atoms with E-state index < -0.39 is 0 Å². The third-order valence-corrected chi connectivity index (χ3v) is 0.917. The molecule has 0 rings (SSSR count). The maximum atomic E-state index is 3.77. The van der Waals surface area contributed by atoms with Crippen LogP contribution in [-0.4, -0.2) is 33.0 Å². The van der Waals surface area contributed by atoms with Gasteiger partial charge in [-0.25, -0.2) is 0 Å². The quantitative estimate of drug-likeness (QED) is 0.307. The Morgan fingerprint density at radius 3 is 2.78 bits per heavy atom. The van der Waals surface area contributed by atoms with E-state index in [0.717, 1.165) is 19.6 Å². The number of rotatable bonds is 5. The van der Waals surface area contributed by atoms with Gasteiger partial charge in [-0.15, -0.1) is 0 Å². The molecule has 0 aromatic heterocycles. The van der Waals surface area contributed by atoms with Crippen molar-refractivity contribution in [3.8, 4) is 0 Å². The predicted molar refractivity (Wildman–Crippen MR) is 41.0 cm³/mol. The lowest BCUT2D eigenvalue weighted by Gasteiger charge is -1.98. The first kappa shape index (κ1) is 8.43. The summed E-state index contributed by atoms with van der Waals surface area (Å²) in [5.74, 6) is 0. The normalized spacial score (nSPS) is 10.4. The summed E-state index contributed by atoms with van der Waals surface area (Å²) in [6.07, 6.45) is 1.71. The summed E-state index contributed by atoms with van der Waals surface area (Å²) in [5, 5.41) is 6.20. The Kier molecular flexibility index (Phi) is 6.96. The third kappa shape index (κ3) is 7.43. The van der Waals surface area contributed by atoms with Crippen LogP contribution in [0.1, 0.15) is 6.92 Å². The highest BCUT2D eigenvalue weighted by molar-refractivity contribution is 5.53. The van der Waals surface area contributed by atoms with Crippen LogP contribution >= 0.6 is 0 Å². The fraction of sp³-hybridized carbons (Fsp3) is 0.833. The van der Waals surface area contributed by atoms with Crippen LogP contribution in [0.15, 0.2) is 4.99 Å². The van der Waals surface area contributed by atoms with Crippen LogP contribution in [0.3, 0.4) is 0 Å². The monoisotopic (exact) mass is 129 g/mol. The summed E-state index contributed by atoms with van der Waals surface area (Å²) in [6, 6.07) is 0. The van der Waals surface area contributed by atoms with Gasteiger partial charge in [0.25, 0.3) is 0 Å². The van der Waals surface area contributed by atoms with Gasteiger partial charge in [0.2, 0.25) is 0 Å². The molecule has 0 aromatic rings. The molecule has 3 nitrogen and oxygen atoms in total. The second kappa shape index (κ2) is 7.43. The van der Waals surface area contributed by atoms with Gasteiger partial charge in [-0.2, -0.15) is 0 Å². The van der Waals surface area contributed by atoms with Crippen LogP contribution in [0.4, 0.5) is 0 Å². The summed E-state index contributed by atoms with van der Waals surface area (Å²) in [5.41, 5.74) is 0. The molecule has 0 aliphatic rings. The fourth-order valence-electron chi connectivity index (χ4n) is 0.493. The van der Waals surface area contributed by atoms with Crippen molar-refractivity contribution in [1.29, 1.82) is 0 Å². The Labute approximate surface area is 56.6 Å². The average Bonchev–Trinajstić information content (AvgIpc) is 1.89. The van der Waals surface area contributed by atoms with E-state index in [9.17, 15) is 0 Å². The SMILES string of the molecule is CCNCCNC=NC. The summed E-state index contributed by atoms with van der Waals surface area (Å²) in [6.45, 7) is 5.08. The Morgan fingerprint density at radius 1 is 1.44 bits per heavy atom. The molecule has 0 aromatic carbocycles. The summed E-state index contributed by atoms with van der Waals surface area (Å²) in [4.78, 5) is 3.77. The standard InChI is InChI=1S/C6H15N3/c1-3-8-4-5-9-6-7-2/h6,8H,3-5H2,1-2H3,(H,7,9). The lowest BCUT2D eigenvalue weighted by Crippen LogP contribution is -2.26. The zero-order valence-corrected chi connectivity index (χ0v) is 6.15. The Hall–Kier alpha value is -0.570. The molecule has 0 fully saturated rings. The first-order chi connectivity index (χ1) is 4.41. The van der Waals surface area contributed by atoms with E-state index >= 15 is 0 Å². The van der Waals surface area contributed by atoms with Gasteiger partial charge in [-0.05, 0) is 6.54 Å². The largest absolute Gasteiger partial charge is 0.375 e. The lowest BCUT2D eigenvalue weighted by molar-refractivity contribution is 0.701. The van der Waals surface area contributed by atoms with E-state index in [1.54, 1.807) is 13.4 Å². The number of nitrogens with zero attached hydrogens (tertiary/aromatic N) is 1. The fourth-order valence-corrected chi connectivity index (χ4v) is 0.493. The molecule has 0 aliphatic heterocycles. The second-order valence-electron chi connectivity index (χ2n) is 1.69. The van der Waals surface area contributed by atoms with Gasteiger partial charge >= 0.3 is 0 Å². The van der Waals surface area contributed by atoms with Gasteiger partial charge in [0.05, 0.1) is 6.34 Å². The maximum absolute atomic E-state index is 3.77. The minimum atomic E-state index is 0.950. The molecule has 0 unspecified atom stereocenters. The van der Waals surface area contributed by atoms with E-state index in [4.69, 9.17) is 0 Å². The number of hydrogen-bond donors (Lipinski definition) is 2. The number of aliphatic imine (C=N–C) groups is 1. The second-order valence-corrected chi connectivity index (χ2v) is 1.69. The summed E-state index contributed by atoms with van der Waals surface area (Å²) < 4.78 is 0. The first-order valence-electron chi connectivity index (χ1n) is 3.26. The highest BCUT2D eigenvalue weighted by Crippen LogP contribution is 1.55. The topological polar surface area (TPSA) is 36.4 Å². The lowest BCUT2D eigenvalue weighted by atomic mass is 10.6. The molecule has 0 spiro atoms. The van der Waals surface area contributed by atoms with Crippen LogP contribution in [0, 0.1) is 0 Å². The van der Waals surface area contributed by atoms with Crippen molar-refractivity contribution in [3.63, 3.8) is 0 Å². The zero-order chi connectivity index (χ0) is 6.95. The Bertz CT molecular complexity index is 70.7. The first-order valence-corrected chi connectivity index (χ1v) is 3.26. The molecule has 0 bridgehead atoms. The van der Waals surface area contributed by atoms with Gasteiger partial charge in [0.15, 0.2) is 0 Å². The van der Waals surface area contributed by atoms with Gasteiger partial charge < -0.3 is 10.6 Å². The molecule has 0 amide bonds. The van der Waals surface area contributed by atoms with Crippen LogP contribution < -0.4 is 10.6 Å². The molecular formula is C6H15N3. The number of nitrogens with one attached hydrogen (secondary N) is 2. The van der Waals surface area contributed by atoms with Crippen LogP contribution in [-0.2, 0) is 0 Å². The maximum Gasteiger partial charge on any atom is 0.0820 e. The van der Waals surface area contributed by atoms with E-state index in [1.807, 2.05) is 0 Å². The zero-order valence-electron chi connectivity index (χ0n) is 6.15. The molecule has 0 aliphatic carbocycles. The molecule has 0 saturated carbocycles. The van der Waals surface area contributed by atoms with Gasteiger partial charge in [0, 0.05) is 20.1 Å². The third-order valence-electron chi connectivity index (χ3n) is 0.917. The van der Waals surface area contributed by atoms with Crippen LogP contribution in [0.2, 0.25) is 0 Å². The van der Waals surface area contributed by atoms with E-state index in [2.05, 4.69) is 22.5 Å². The number of likely N-dealkylation sites (N-methyl/N-ethyl adjacent to an activating group) is 1. The highest BCUT2D eigenvalue weighted by atomic mass is 15.0. The molecule has 0 heterocycles. The van der Waals surface area contributed by atoms with Crippen molar-refractivity contribution < 1.29 is 0 Å². The van der Waals surface area contributed by atoms with Crippen molar-refractivity contribution >= 4 is 6.34 Å². The summed E-state index contributed by atoms with van der Waals surface area (Å²) in [7, 11) is 1.75. The van der Waals surface area contributed by atoms with Gasteiger partial charge in [-0.3, -0.25) is 4.99 Å². The molecule has 54 valence electrons. The molecule has 0 radical (unpaired) electrons. The molecule has 9 heavy (non-hydrogen) atoms. The smallest absolute Gasteiger partial charge is 0.0820 e. The Morgan fingerprint density at radius 2 is 2.22 bits per heavy atom. The van der Waals surface area contributed by atoms with Crippen LogP contribution in [0.25, 0.3) is 0 Å². The molecule has 0 atom stereocenters. The minimum Gasteiger partial charge on any atom is -0.375 e. The van der Waals surface area contributed by atoms with E-state index in [1.165, 1.54) is 0 Å². The van der Waals surface area contributed by atoms with Crippen LogP contribution in [0.5, 0.6) is 0 Å². The van der Waals surface area contributed by atoms with E-state index in [-0.39, 0.29) is 0 Å². The molecule has 0 saturated heterocycles. The highest BCUT2D eigenvalue weighted by Gasteiger charge is 1.77. The molecular weight excluding hydrogens is 114 g/mol. The van der Waals surface area contributed by atoms with Crippen molar-refractivity contribution in [2.75, 3.05) is 26.7 Å². The van der Waals surface area contributed by atoms with E-state index in [0.29, 0.717) is 0 Å². The van der Waals surface area contributed by atoms with Crippen molar-refractivity contribution in [3.05, 3.63) is 0 Å². The van der Waals surface area contributed by atoms with Gasteiger partial charge in [-0.1, -0.05) is 6.92 Å². The van der Waals surface area contributed by atoms with Crippen molar-refractivity contribution in [2.45, 2.75) is 6.92 Å². The van der Waals surface area contributed by atoms with Crippen molar-refractivity contribution in [2.24, 2.45) is 4.99 Å². The van der Waals surface area contributed by atoms with Crippen molar-refractivity contribution in [1.82, 2.24) is 10.6 Å². The number of hydrogen-bond acceptors (Lipinski definition) is 2. The minimum absolute atomic E-state index is 0.950. The molecule has 2 N–H and O–H groups in total. The average molecular weight is 129 g/mol. The summed E-state index contributed by atoms with van der Waals surface area (Å²) >= 11 is 0. The molecule has 3 heteroatoms. The van der Waals surface area contributed by atoms with Gasteiger partial charge in [0.1, 0.15) is 0 Å². The predicted octanol–water partition coefficient (Wildman–Crippen LogP) is -0.156. The Balaban J connectivity index is 2.75.